The molecule has 0 aliphatic carbocycles. The maximum absolute atomic E-state index is 13.2. The summed E-state index contributed by atoms with van der Waals surface area (Å²) in [4.78, 5) is 17.3. The zero-order chi connectivity index (χ0) is 15.4. The number of carbonyl (C=O) groups is 1. The molecule has 2 fully saturated rings. The highest BCUT2D eigenvalue weighted by atomic mass is 32.2. The van der Waals surface area contributed by atoms with Gasteiger partial charge < -0.3 is 4.90 Å². The molecule has 2 heterocycles. The Hall–Kier alpha value is -1.07. The highest BCUT2D eigenvalue weighted by Crippen LogP contribution is 2.28. The van der Waals surface area contributed by atoms with Crippen molar-refractivity contribution in [2.75, 3.05) is 37.7 Å². The molecule has 0 bridgehead atoms. The third-order valence-electron chi connectivity index (χ3n) is 4.50. The fourth-order valence-corrected chi connectivity index (χ4v) is 4.19. The van der Waals surface area contributed by atoms with E-state index in [1.54, 1.807) is 12.1 Å². The van der Waals surface area contributed by atoms with E-state index in [0.717, 1.165) is 56.1 Å². The van der Waals surface area contributed by atoms with Gasteiger partial charge in [-0.25, -0.2) is 4.39 Å². The summed E-state index contributed by atoms with van der Waals surface area (Å²) in [6.45, 7) is 3.57. The van der Waals surface area contributed by atoms with Gasteiger partial charge in [0, 0.05) is 24.6 Å². The summed E-state index contributed by atoms with van der Waals surface area (Å²) in [5.41, 5.74) is 0.923. The van der Waals surface area contributed by atoms with Crippen molar-refractivity contribution in [2.45, 2.75) is 25.3 Å². The highest BCUT2D eigenvalue weighted by Gasteiger charge is 2.32. The number of carbonyl (C=O) groups excluding carboxylic acids is 1. The second kappa shape index (κ2) is 7.47. The largest absolute Gasteiger partial charge is 0.339 e. The number of hydrogen-bond acceptors (Lipinski definition) is 3. The Morgan fingerprint density at radius 3 is 2.27 bits per heavy atom. The van der Waals surface area contributed by atoms with Crippen molar-refractivity contribution in [1.29, 1.82) is 0 Å². The lowest BCUT2D eigenvalue weighted by atomic mass is 10.00. The van der Waals surface area contributed by atoms with Gasteiger partial charge in [0.2, 0.25) is 5.91 Å². The Morgan fingerprint density at radius 1 is 1.00 bits per heavy atom. The van der Waals surface area contributed by atoms with E-state index in [9.17, 15) is 9.18 Å². The summed E-state index contributed by atoms with van der Waals surface area (Å²) < 4.78 is 13.2. The van der Waals surface area contributed by atoms with Crippen molar-refractivity contribution in [2.24, 2.45) is 0 Å². The molecular formula is C17H23FN2OS. The molecule has 120 valence electrons. The lowest BCUT2D eigenvalue weighted by Gasteiger charge is -2.38. The molecule has 2 aliphatic heterocycles. The van der Waals surface area contributed by atoms with E-state index in [1.807, 2.05) is 16.7 Å². The van der Waals surface area contributed by atoms with Gasteiger partial charge in [0.15, 0.2) is 0 Å². The van der Waals surface area contributed by atoms with E-state index in [1.165, 1.54) is 18.6 Å². The molecule has 0 unspecified atom stereocenters. The molecule has 0 radical (unpaired) electrons. The van der Waals surface area contributed by atoms with Crippen LogP contribution in [0.25, 0.3) is 0 Å². The molecule has 1 amide bonds. The molecule has 0 spiro atoms. The molecule has 22 heavy (non-hydrogen) atoms. The summed E-state index contributed by atoms with van der Waals surface area (Å²) in [6.07, 6.45) is 3.52. The molecule has 1 aromatic rings. The molecule has 0 saturated carbocycles. The van der Waals surface area contributed by atoms with Gasteiger partial charge in [-0.2, -0.15) is 11.8 Å². The van der Waals surface area contributed by atoms with Crippen molar-refractivity contribution >= 4 is 17.7 Å². The van der Waals surface area contributed by atoms with Gasteiger partial charge in [-0.3, -0.25) is 9.69 Å². The second-order valence-electron chi connectivity index (χ2n) is 5.99. The summed E-state index contributed by atoms with van der Waals surface area (Å²) in [5.74, 6) is 1.97. The Balaban J connectivity index is 1.84. The molecule has 2 saturated heterocycles. The van der Waals surface area contributed by atoms with Gasteiger partial charge in [-0.1, -0.05) is 18.6 Å². The molecule has 0 N–H and O–H groups in total. The summed E-state index contributed by atoms with van der Waals surface area (Å²) in [6, 6.07) is 6.22. The first-order chi connectivity index (χ1) is 10.8. The van der Waals surface area contributed by atoms with Crippen LogP contribution in [0.3, 0.4) is 0 Å². The molecule has 3 nitrogen and oxygen atoms in total. The van der Waals surface area contributed by atoms with Crippen molar-refractivity contribution in [1.82, 2.24) is 9.80 Å². The SMILES string of the molecule is O=C([C@H](c1ccc(F)cc1)N1CCCCC1)N1CCSCC1. The third kappa shape index (κ3) is 3.63. The summed E-state index contributed by atoms with van der Waals surface area (Å²) in [7, 11) is 0. The minimum atomic E-state index is -0.247. The quantitative estimate of drug-likeness (QED) is 0.855. The van der Waals surface area contributed by atoms with Crippen LogP contribution in [0.2, 0.25) is 0 Å². The van der Waals surface area contributed by atoms with E-state index in [0.29, 0.717) is 0 Å². The van der Waals surface area contributed by atoms with Crippen molar-refractivity contribution < 1.29 is 9.18 Å². The maximum atomic E-state index is 13.2. The molecule has 5 heteroatoms. The monoisotopic (exact) mass is 322 g/mol. The van der Waals surface area contributed by atoms with Crippen LogP contribution >= 0.6 is 11.8 Å². The lowest BCUT2D eigenvalue weighted by Crippen LogP contribution is -2.47. The van der Waals surface area contributed by atoms with Gasteiger partial charge in [0.1, 0.15) is 11.9 Å². The average molecular weight is 322 g/mol. The number of thioether (sulfide) groups is 1. The molecule has 2 aliphatic rings. The number of rotatable bonds is 3. The molecule has 0 aromatic heterocycles. The predicted molar refractivity (Wildman–Crippen MR) is 88.5 cm³/mol. The van der Waals surface area contributed by atoms with Crippen LogP contribution in [0, 0.1) is 5.82 Å². The number of nitrogens with zero attached hydrogens (tertiary/aromatic N) is 2. The third-order valence-corrected chi connectivity index (χ3v) is 5.44. The van der Waals surface area contributed by atoms with E-state index >= 15 is 0 Å². The molecule has 3 rings (SSSR count). The van der Waals surface area contributed by atoms with Crippen LogP contribution in [-0.4, -0.2) is 53.4 Å². The normalized spacial score (nSPS) is 21.6. The zero-order valence-corrected chi connectivity index (χ0v) is 13.7. The van der Waals surface area contributed by atoms with Crippen LogP contribution < -0.4 is 0 Å². The van der Waals surface area contributed by atoms with E-state index in [2.05, 4.69) is 4.90 Å². The fourth-order valence-electron chi connectivity index (χ4n) is 3.29. The van der Waals surface area contributed by atoms with Crippen LogP contribution in [0.4, 0.5) is 4.39 Å². The van der Waals surface area contributed by atoms with Gasteiger partial charge in [-0.15, -0.1) is 0 Å². The fraction of sp³-hybridized carbons (Fsp3) is 0.588. The van der Waals surface area contributed by atoms with Crippen LogP contribution in [0.5, 0.6) is 0 Å². The van der Waals surface area contributed by atoms with E-state index in [-0.39, 0.29) is 17.8 Å². The molecule has 1 aromatic carbocycles. The van der Waals surface area contributed by atoms with E-state index < -0.39 is 0 Å². The van der Waals surface area contributed by atoms with E-state index in [4.69, 9.17) is 0 Å². The minimum Gasteiger partial charge on any atom is -0.339 e. The second-order valence-corrected chi connectivity index (χ2v) is 7.21. The minimum absolute atomic E-state index is 0.189. The maximum Gasteiger partial charge on any atom is 0.244 e. The number of piperidine rings is 1. The van der Waals surface area contributed by atoms with Gasteiger partial charge in [-0.05, 0) is 43.6 Å². The Kier molecular flexibility index (Phi) is 5.37. The van der Waals surface area contributed by atoms with Crippen molar-refractivity contribution in [3.8, 4) is 0 Å². The van der Waals surface area contributed by atoms with Gasteiger partial charge in [0.05, 0.1) is 0 Å². The summed E-state index contributed by atoms with van der Waals surface area (Å²) >= 11 is 1.90. The van der Waals surface area contributed by atoms with Crippen LogP contribution in [-0.2, 0) is 4.79 Å². The Labute approximate surface area is 135 Å². The van der Waals surface area contributed by atoms with Gasteiger partial charge in [0.25, 0.3) is 0 Å². The molecular weight excluding hydrogens is 299 g/mol. The van der Waals surface area contributed by atoms with Crippen LogP contribution in [0.15, 0.2) is 24.3 Å². The lowest BCUT2D eigenvalue weighted by molar-refractivity contribution is -0.137. The number of benzene rings is 1. The predicted octanol–water partition coefficient (Wildman–Crippen LogP) is 2.93. The first kappa shape index (κ1) is 15.8. The first-order valence-electron chi connectivity index (χ1n) is 8.12. The zero-order valence-electron chi connectivity index (χ0n) is 12.8. The summed E-state index contributed by atoms with van der Waals surface area (Å²) in [5, 5.41) is 0. The standard InChI is InChI=1S/C17H23FN2OS/c18-15-6-4-14(5-7-15)16(19-8-2-1-3-9-19)17(21)20-10-12-22-13-11-20/h4-7,16H,1-3,8-13H2/t16-/m0/s1. The number of hydrogen-bond donors (Lipinski definition) is 0. The number of amides is 1. The van der Waals surface area contributed by atoms with Gasteiger partial charge >= 0.3 is 0 Å². The van der Waals surface area contributed by atoms with Crippen molar-refractivity contribution in [3.63, 3.8) is 0 Å². The van der Waals surface area contributed by atoms with Crippen molar-refractivity contribution in [3.05, 3.63) is 35.6 Å². The topological polar surface area (TPSA) is 23.6 Å². The van der Waals surface area contributed by atoms with Crippen LogP contribution in [0.1, 0.15) is 30.9 Å². The Morgan fingerprint density at radius 2 is 1.64 bits per heavy atom. The smallest absolute Gasteiger partial charge is 0.244 e. The average Bonchev–Trinajstić information content (AvgIpc) is 2.58. The number of halogens is 1. The molecule has 1 atom stereocenters. The highest BCUT2D eigenvalue weighted by molar-refractivity contribution is 7.99. The first-order valence-corrected chi connectivity index (χ1v) is 9.27. The number of likely N-dealkylation sites (tertiary alicyclic amines) is 1. The Bertz CT molecular complexity index is 496.